The Bertz CT molecular complexity index is 524. The Hall–Kier alpha value is -0.630. The van der Waals surface area contributed by atoms with Crippen LogP contribution in [0.3, 0.4) is 0 Å². The van der Waals surface area contributed by atoms with E-state index in [9.17, 15) is 8.42 Å². The first-order valence-corrected chi connectivity index (χ1v) is 8.75. The van der Waals surface area contributed by atoms with Gasteiger partial charge in [-0.25, -0.2) is 13.1 Å². The third kappa shape index (κ3) is 4.95. The third-order valence-electron chi connectivity index (χ3n) is 3.60. The zero-order chi connectivity index (χ0) is 14.6. The van der Waals surface area contributed by atoms with Gasteiger partial charge in [0.05, 0.1) is 6.20 Å². The summed E-state index contributed by atoms with van der Waals surface area (Å²) in [5, 5.41) is 7.72. The lowest BCUT2D eigenvalue weighted by molar-refractivity contribution is 0.382. The molecule has 1 aromatic heterocycles. The van der Waals surface area contributed by atoms with Gasteiger partial charge in [-0.1, -0.05) is 6.42 Å². The van der Waals surface area contributed by atoms with Crippen LogP contribution in [0.25, 0.3) is 0 Å². The van der Waals surface area contributed by atoms with Gasteiger partial charge in [0.25, 0.3) is 10.0 Å². The van der Waals surface area contributed by atoms with Crippen molar-refractivity contribution >= 4 is 22.4 Å². The first-order valence-electron chi connectivity index (χ1n) is 7.27. The molecule has 21 heavy (non-hydrogen) atoms. The highest BCUT2D eigenvalue weighted by atomic mass is 35.5. The normalized spacial score (nSPS) is 19.5. The van der Waals surface area contributed by atoms with Crippen LogP contribution in [-0.4, -0.2) is 37.3 Å². The van der Waals surface area contributed by atoms with E-state index in [1.54, 1.807) is 6.07 Å². The highest BCUT2D eigenvalue weighted by Crippen LogP contribution is 2.14. The molecule has 6 nitrogen and oxygen atoms in total. The van der Waals surface area contributed by atoms with Crippen LogP contribution in [0.15, 0.2) is 17.3 Å². The summed E-state index contributed by atoms with van der Waals surface area (Å²) < 4.78 is 28.7. The van der Waals surface area contributed by atoms with Crippen LogP contribution in [0, 0.1) is 0 Å². The van der Waals surface area contributed by atoms with E-state index in [0.29, 0.717) is 12.6 Å². The van der Waals surface area contributed by atoms with Crippen molar-refractivity contribution in [3.05, 3.63) is 12.3 Å². The van der Waals surface area contributed by atoms with Gasteiger partial charge < -0.3 is 5.32 Å². The minimum absolute atomic E-state index is 0. The number of rotatable bonds is 6. The van der Waals surface area contributed by atoms with Crippen molar-refractivity contribution in [3.8, 4) is 0 Å². The molecular formula is C13H25ClN4O2S. The monoisotopic (exact) mass is 336 g/mol. The van der Waals surface area contributed by atoms with E-state index in [0.717, 1.165) is 19.4 Å². The van der Waals surface area contributed by atoms with Crippen molar-refractivity contribution in [2.24, 2.45) is 0 Å². The van der Waals surface area contributed by atoms with Crippen LogP contribution in [0.5, 0.6) is 0 Å². The fourth-order valence-corrected chi connectivity index (χ4v) is 3.79. The molecule has 122 valence electrons. The summed E-state index contributed by atoms with van der Waals surface area (Å²) in [6.07, 6.45) is 5.93. The second kappa shape index (κ2) is 8.12. The average Bonchev–Trinajstić information content (AvgIpc) is 2.90. The predicted molar refractivity (Wildman–Crippen MR) is 85.3 cm³/mol. The highest BCUT2D eigenvalue weighted by Gasteiger charge is 2.21. The van der Waals surface area contributed by atoms with Gasteiger partial charge in [0.2, 0.25) is 0 Å². The van der Waals surface area contributed by atoms with Crippen molar-refractivity contribution in [1.82, 2.24) is 19.8 Å². The maximum atomic E-state index is 12.3. The summed E-state index contributed by atoms with van der Waals surface area (Å²) in [5.41, 5.74) is 0. The summed E-state index contributed by atoms with van der Waals surface area (Å²) in [7, 11) is -3.47. The van der Waals surface area contributed by atoms with Crippen LogP contribution in [0.2, 0.25) is 0 Å². The molecule has 8 heteroatoms. The molecule has 0 aromatic carbocycles. The smallest absolute Gasteiger partial charge is 0.257 e. The molecule has 1 saturated heterocycles. The fraction of sp³-hybridized carbons (Fsp3) is 0.769. The number of halogens is 1. The van der Waals surface area contributed by atoms with E-state index in [2.05, 4.69) is 15.1 Å². The van der Waals surface area contributed by atoms with E-state index < -0.39 is 10.0 Å². The number of nitrogens with zero attached hydrogens (tertiary/aromatic N) is 2. The Labute approximate surface area is 133 Å². The molecule has 0 spiro atoms. The molecule has 1 fully saturated rings. The van der Waals surface area contributed by atoms with Gasteiger partial charge in [-0.2, -0.15) is 5.10 Å². The van der Waals surface area contributed by atoms with Crippen molar-refractivity contribution in [2.45, 2.75) is 56.6 Å². The third-order valence-corrected chi connectivity index (χ3v) is 5.05. The summed E-state index contributed by atoms with van der Waals surface area (Å²) in [5.74, 6) is 0. The predicted octanol–water partition coefficient (Wildman–Crippen LogP) is 1.70. The summed E-state index contributed by atoms with van der Waals surface area (Å²) in [4.78, 5) is 0. The molecule has 0 aliphatic carbocycles. The molecule has 1 atom stereocenters. The van der Waals surface area contributed by atoms with Gasteiger partial charge in [-0.15, -0.1) is 12.4 Å². The first-order chi connectivity index (χ1) is 9.50. The van der Waals surface area contributed by atoms with E-state index in [1.807, 2.05) is 13.8 Å². The molecule has 1 aliphatic heterocycles. The van der Waals surface area contributed by atoms with E-state index in [4.69, 9.17) is 0 Å². The quantitative estimate of drug-likeness (QED) is 0.829. The molecule has 2 heterocycles. The summed E-state index contributed by atoms with van der Waals surface area (Å²) >= 11 is 0. The van der Waals surface area contributed by atoms with Gasteiger partial charge >= 0.3 is 0 Å². The second-order valence-corrected chi connectivity index (χ2v) is 7.25. The van der Waals surface area contributed by atoms with Crippen LogP contribution in [0.1, 0.15) is 45.6 Å². The standard InChI is InChI=1S/C13H24N4O2S.ClH/c1-11(2)17-13(7-9-15-17)20(18,19)16-10-6-12-5-3-4-8-14-12;/h7,9,11-12,14,16H,3-6,8,10H2,1-2H3;1H. The number of hydrogen-bond acceptors (Lipinski definition) is 4. The molecule has 0 saturated carbocycles. The Balaban J connectivity index is 0.00000220. The molecule has 1 aromatic rings. The molecule has 1 unspecified atom stereocenters. The Morgan fingerprint density at radius 3 is 2.86 bits per heavy atom. The molecule has 2 rings (SSSR count). The zero-order valence-electron chi connectivity index (χ0n) is 12.6. The molecule has 0 bridgehead atoms. The number of aromatic nitrogens is 2. The summed E-state index contributed by atoms with van der Waals surface area (Å²) in [6, 6.07) is 2.00. The second-order valence-electron chi connectivity index (χ2n) is 5.54. The molecular weight excluding hydrogens is 312 g/mol. The van der Waals surface area contributed by atoms with Crippen molar-refractivity contribution in [2.75, 3.05) is 13.1 Å². The number of piperidine rings is 1. The van der Waals surface area contributed by atoms with Crippen LogP contribution in [0.4, 0.5) is 0 Å². The number of sulfonamides is 1. The maximum absolute atomic E-state index is 12.3. The zero-order valence-corrected chi connectivity index (χ0v) is 14.2. The Morgan fingerprint density at radius 2 is 2.24 bits per heavy atom. The molecule has 0 radical (unpaired) electrons. The lowest BCUT2D eigenvalue weighted by Gasteiger charge is -2.23. The number of hydrogen-bond donors (Lipinski definition) is 2. The average molecular weight is 337 g/mol. The molecule has 0 amide bonds. The maximum Gasteiger partial charge on any atom is 0.257 e. The van der Waals surface area contributed by atoms with Crippen LogP contribution >= 0.6 is 12.4 Å². The van der Waals surface area contributed by atoms with Gasteiger partial charge in [0.15, 0.2) is 5.03 Å². The topological polar surface area (TPSA) is 76.0 Å². The van der Waals surface area contributed by atoms with Gasteiger partial charge in [-0.05, 0) is 45.7 Å². The van der Waals surface area contributed by atoms with Gasteiger partial charge in [0.1, 0.15) is 0 Å². The minimum atomic E-state index is -3.47. The Kier molecular flexibility index (Phi) is 7.12. The number of nitrogens with one attached hydrogen (secondary N) is 2. The largest absolute Gasteiger partial charge is 0.314 e. The first kappa shape index (κ1) is 18.4. The highest BCUT2D eigenvalue weighted by molar-refractivity contribution is 7.89. The van der Waals surface area contributed by atoms with Crippen molar-refractivity contribution in [1.29, 1.82) is 0 Å². The summed E-state index contributed by atoms with van der Waals surface area (Å²) in [6.45, 7) is 5.33. The van der Waals surface area contributed by atoms with Crippen molar-refractivity contribution in [3.63, 3.8) is 0 Å². The van der Waals surface area contributed by atoms with Gasteiger partial charge in [-0.3, -0.25) is 4.68 Å². The molecule has 1 aliphatic rings. The SMILES string of the molecule is CC(C)n1nccc1S(=O)(=O)NCCC1CCCCN1.Cl. The van der Waals surface area contributed by atoms with Crippen molar-refractivity contribution < 1.29 is 8.42 Å². The lowest BCUT2D eigenvalue weighted by Crippen LogP contribution is -2.37. The van der Waals surface area contributed by atoms with E-state index in [-0.39, 0.29) is 23.5 Å². The van der Waals surface area contributed by atoms with E-state index >= 15 is 0 Å². The minimum Gasteiger partial charge on any atom is -0.314 e. The van der Waals surface area contributed by atoms with Gasteiger partial charge in [0, 0.05) is 18.6 Å². The Morgan fingerprint density at radius 1 is 1.48 bits per heavy atom. The van der Waals surface area contributed by atoms with Crippen LogP contribution in [-0.2, 0) is 10.0 Å². The van der Waals surface area contributed by atoms with Crippen LogP contribution < -0.4 is 10.0 Å². The fourth-order valence-electron chi connectivity index (χ4n) is 2.51. The van der Waals surface area contributed by atoms with E-state index in [1.165, 1.54) is 23.7 Å². The lowest BCUT2D eigenvalue weighted by atomic mass is 10.0. The molecule has 2 N–H and O–H groups in total.